The number of aryl methyl sites for hydroxylation is 3. The van der Waals surface area contributed by atoms with Crippen molar-refractivity contribution in [3.8, 4) is 16.8 Å². The largest absolute Gasteiger partial charge is 0.311 e. The third-order valence-corrected chi connectivity index (χ3v) is 15.3. The Morgan fingerprint density at radius 1 is 0.455 bits per heavy atom. The summed E-state index contributed by atoms with van der Waals surface area (Å²) in [6, 6.07) is 58.5. The summed E-state index contributed by atoms with van der Waals surface area (Å²) in [5, 5.41) is 2.54. The maximum absolute atomic E-state index is 2.65. The minimum absolute atomic E-state index is 0.00469. The average molecular weight is 856 g/mol. The number of nitrogens with zero attached hydrogens (tertiary/aromatic N) is 3. The van der Waals surface area contributed by atoms with Gasteiger partial charge in [-0.2, -0.15) is 0 Å². The summed E-state index contributed by atoms with van der Waals surface area (Å²) in [6.07, 6.45) is 0. The fourth-order valence-corrected chi connectivity index (χ4v) is 12.0. The summed E-state index contributed by atoms with van der Waals surface area (Å²) in [4.78, 5) is 5.27. The van der Waals surface area contributed by atoms with Gasteiger partial charge >= 0.3 is 0 Å². The van der Waals surface area contributed by atoms with Gasteiger partial charge in [-0.25, -0.2) is 0 Å². The van der Waals surface area contributed by atoms with E-state index in [1.807, 2.05) is 0 Å². The summed E-state index contributed by atoms with van der Waals surface area (Å²) >= 11 is 0. The van der Waals surface area contributed by atoms with Crippen LogP contribution in [0.4, 0.5) is 34.1 Å². The van der Waals surface area contributed by atoms with Crippen LogP contribution < -0.4 is 26.2 Å². The molecule has 3 heterocycles. The van der Waals surface area contributed by atoms with Crippen LogP contribution in [0, 0.1) is 20.8 Å². The molecule has 66 heavy (non-hydrogen) atoms. The normalized spacial score (nSPS) is 14.6. The fourth-order valence-electron chi connectivity index (χ4n) is 12.0. The predicted molar refractivity (Wildman–Crippen MR) is 284 cm³/mol. The van der Waals surface area contributed by atoms with Gasteiger partial charge in [-0.15, -0.1) is 0 Å². The van der Waals surface area contributed by atoms with Crippen LogP contribution in [0.2, 0.25) is 0 Å². The van der Waals surface area contributed by atoms with Gasteiger partial charge < -0.3 is 14.4 Å². The van der Waals surface area contributed by atoms with Gasteiger partial charge in [0.2, 0.25) is 0 Å². The molecule has 0 N–H and O–H groups in total. The van der Waals surface area contributed by atoms with Crippen LogP contribution in [0.25, 0.3) is 38.6 Å². The van der Waals surface area contributed by atoms with Crippen molar-refractivity contribution < 1.29 is 0 Å². The van der Waals surface area contributed by atoms with Gasteiger partial charge in [0.1, 0.15) is 0 Å². The molecule has 9 aromatic rings. The smallest absolute Gasteiger partial charge is 0.252 e. The zero-order valence-corrected chi connectivity index (χ0v) is 40.4. The molecule has 0 saturated heterocycles. The lowest BCUT2D eigenvalue weighted by Crippen LogP contribution is -2.61. The highest BCUT2D eigenvalue weighted by Gasteiger charge is 2.45. The molecule has 0 bridgehead atoms. The van der Waals surface area contributed by atoms with Crippen molar-refractivity contribution in [2.24, 2.45) is 0 Å². The Morgan fingerprint density at radius 2 is 1.09 bits per heavy atom. The van der Waals surface area contributed by atoms with Crippen molar-refractivity contribution in [2.45, 2.75) is 92.4 Å². The molecule has 12 rings (SSSR count). The van der Waals surface area contributed by atoms with Crippen molar-refractivity contribution >= 4 is 79.0 Å². The van der Waals surface area contributed by atoms with Crippen molar-refractivity contribution in [3.05, 3.63) is 191 Å². The Kier molecular flexibility index (Phi) is 8.56. The van der Waals surface area contributed by atoms with Crippen LogP contribution in [-0.4, -0.2) is 11.3 Å². The minimum Gasteiger partial charge on any atom is -0.311 e. The molecule has 0 saturated carbocycles. The quantitative estimate of drug-likeness (QED) is 0.164. The highest BCUT2D eigenvalue weighted by molar-refractivity contribution is 7.00. The van der Waals surface area contributed by atoms with E-state index in [1.54, 1.807) is 0 Å². The number of hydrogen-bond donors (Lipinski definition) is 0. The van der Waals surface area contributed by atoms with Gasteiger partial charge in [-0.1, -0.05) is 152 Å². The standard InChI is InChI=1S/C62H58BN3/c1-37-29-56-58-57(30-37)66(59-38(2)31-41(32-39(59)3)61(7,8)9)54-33-40(60(4,5)6)25-28-50(54)63(58)51-35-47-46-22-16-18-24-52(46)64(42-19-13-12-14-20-42)53(47)36-55(51)65(56)43-26-27-45-44-21-15-17-23-48(44)62(10,11)49(45)34-43/h12-36H,1-11H3. The molecule has 0 spiro atoms. The summed E-state index contributed by atoms with van der Waals surface area (Å²) in [5.41, 5.74) is 26.9. The van der Waals surface area contributed by atoms with E-state index in [9.17, 15) is 0 Å². The van der Waals surface area contributed by atoms with Crippen LogP contribution in [0.3, 0.4) is 0 Å². The maximum Gasteiger partial charge on any atom is 0.252 e. The monoisotopic (exact) mass is 855 g/mol. The average Bonchev–Trinajstić information content (AvgIpc) is 3.72. The molecule has 0 amide bonds. The molecule has 324 valence electrons. The van der Waals surface area contributed by atoms with Crippen molar-refractivity contribution in [1.82, 2.24) is 4.57 Å². The summed E-state index contributed by atoms with van der Waals surface area (Å²) in [5.74, 6) is 0. The van der Waals surface area contributed by atoms with E-state index in [1.165, 1.54) is 122 Å². The van der Waals surface area contributed by atoms with Crippen LogP contribution in [0.5, 0.6) is 0 Å². The van der Waals surface area contributed by atoms with E-state index >= 15 is 0 Å². The van der Waals surface area contributed by atoms with Crippen molar-refractivity contribution in [3.63, 3.8) is 0 Å². The Balaban J connectivity index is 1.21. The topological polar surface area (TPSA) is 11.4 Å². The number of fused-ring (bicyclic) bond motifs is 10. The molecule has 3 aliphatic rings. The molecule has 4 heteroatoms. The Bertz CT molecular complexity index is 3500. The number of rotatable bonds is 3. The third-order valence-electron chi connectivity index (χ3n) is 15.3. The van der Waals surface area contributed by atoms with E-state index in [0.29, 0.717) is 0 Å². The highest BCUT2D eigenvalue weighted by atomic mass is 15.2. The number of para-hydroxylation sites is 2. The van der Waals surface area contributed by atoms with E-state index in [4.69, 9.17) is 0 Å². The molecule has 8 aromatic carbocycles. The Morgan fingerprint density at radius 3 is 1.82 bits per heavy atom. The van der Waals surface area contributed by atoms with E-state index in [-0.39, 0.29) is 23.0 Å². The van der Waals surface area contributed by atoms with Crippen molar-refractivity contribution in [2.75, 3.05) is 9.80 Å². The SMILES string of the molecule is Cc1cc2c3c(c1)N(c1c(C)cc(C(C)(C)C)cc1C)c1cc(C(C)(C)C)ccc1B3c1cc3c4ccccc4n(-c4ccccc4)c3cc1N2c1ccc2c(c1)C(C)(C)c1ccccc1-2. The number of benzene rings is 8. The molecule has 1 aliphatic carbocycles. The van der Waals surface area contributed by atoms with Gasteiger partial charge in [0.05, 0.1) is 16.7 Å². The van der Waals surface area contributed by atoms with Gasteiger partial charge in [-0.05, 0) is 153 Å². The van der Waals surface area contributed by atoms with Gasteiger partial charge in [-0.3, -0.25) is 0 Å². The number of aromatic nitrogens is 1. The van der Waals surface area contributed by atoms with Crippen LogP contribution in [-0.2, 0) is 16.2 Å². The first kappa shape index (κ1) is 40.7. The van der Waals surface area contributed by atoms with E-state index < -0.39 is 0 Å². The molecule has 3 nitrogen and oxygen atoms in total. The van der Waals surface area contributed by atoms with E-state index in [0.717, 1.165) is 5.69 Å². The molecular weight excluding hydrogens is 798 g/mol. The molecule has 0 unspecified atom stereocenters. The first-order valence-corrected chi connectivity index (χ1v) is 23.9. The lowest BCUT2D eigenvalue weighted by atomic mass is 9.33. The first-order chi connectivity index (χ1) is 31.5. The highest BCUT2D eigenvalue weighted by Crippen LogP contribution is 2.53. The summed E-state index contributed by atoms with van der Waals surface area (Å²) in [7, 11) is 0. The van der Waals surface area contributed by atoms with Crippen LogP contribution >= 0.6 is 0 Å². The molecule has 1 aromatic heterocycles. The second-order valence-corrected chi connectivity index (χ2v) is 22.1. The lowest BCUT2D eigenvalue weighted by Gasteiger charge is -2.45. The third kappa shape index (κ3) is 5.76. The fraction of sp³-hybridized carbons (Fsp3) is 0.226. The first-order valence-electron chi connectivity index (χ1n) is 23.9. The second kappa shape index (κ2) is 13.9. The Hall–Kier alpha value is -6.78. The Labute approximate surface area is 391 Å². The molecular formula is C62H58BN3. The minimum atomic E-state index is -0.145. The predicted octanol–water partition coefficient (Wildman–Crippen LogP) is 14.7. The van der Waals surface area contributed by atoms with Crippen LogP contribution in [0.15, 0.2) is 152 Å². The molecule has 0 fully saturated rings. The van der Waals surface area contributed by atoms with Crippen molar-refractivity contribution in [1.29, 1.82) is 0 Å². The van der Waals surface area contributed by atoms with Gasteiger partial charge in [0.15, 0.2) is 0 Å². The lowest BCUT2D eigenvalue weighted by molar-refractivity contribution is 0.589. The van der Waals surface area contributed by atoms with Crippen LogP contribution in [0.1, 0.15) is 94.3 Å². The molecule has 0 radical (unpaired) electrons. The van der Waals surface area contributed by atoms with Gasteiger partial charge in [0, 0.05) is 50.3 Å². The summed E-state index contributed by atoms with van der Waals surface area (Å²) in [6.45, 7) is 25.7. The zero-order valence-electron chi connectivity index (χ0n) is 40.4. The summed E-state index contributed by atoms with van der Waals surface area (Å²) < 4.78 is 2.47. The van der Waals surface area contributed by atoms with Gasteiger partial charge in [0.25, 0.3) is 6.71 Å². The number of anilines is 6. The molecule has 2 aliphatic heterocycles. The van der Waals surface area contributed by atoms with E-state index in [2.05, 4.69) is 242 Å². The maximum atomic E-state index is 2.65. The molecule has 0 atom stereocenters. The zero-order chi connectivity index (χ0) is 45.8. The second-order valence-electron chi connectivity index (χ2n) is 22.1. The number of hydrogen-bond acceptors (Lipinski definition) is 2.